The molecule has 0 bridgehead atoms. The second-order valence-corrected chi connectivity index (χ2v) is 5.92. The molecule has 0 atom stereocenters. The van der Waals surface area contributed by atoms with Crippen LogP contribution in [0.5, 0.6) is 0 Å². The number of hydrogen-bond acceptors (Lipinski definition) is 2. The number of aliphatic hydroxyl groups excluding tert-OH is 1. The van der Waals surface area contributed by atoms with Crippen molar-refractivity contribution in [3.05, 3.63) is 60.4 Å². The summed E-state index contributed by atoms with van der Waals surface area (Å²) in [5, 5.41) is 18.2. The van der Waals surface area contributed by atoms with Crippen molar-refractivity contribution in [3.63, 3.8) is 0 Å². The third-order valence-corrected chi connectivity index (χ3v) is 3.53. The predicted molar refractivity (Wildman–Crippen MR) is 107 cm³/mol. The molecule has 0 heterocycles. The van der Waals surface area contributed by atoms with Crippen molar-refractivity contribution < 1.29 is 15.0 Å². The zero-order valence-corrected chi connectivity index (χ0v) is 15.6. The van der Waals surface area contributed by atoms with Gasteiger partial charge in [-0.25, -0.2) is 0 Å². The van der Waals surface area contributed by atoms with E-state index in [4.69, 9.17) is 5.11 Å². The Kier molecular flexibility index (Phi) is 16.8. The quantitative estimate of drug-likeness (QED) is 0.198. The maximum Gasteiger partial charge on any atom is 0.303 e. The van der Waals surface area contributed by atoms with Crippen LogP contribution < -0.4 is 0 Å². The first-order valence-corrected chi connectivity index (χ1v) is 9.36. The maximum atomic E-state index is 10.3. The van der Waals surface area contributed by atoms with E-state index in [2.05, 4.69) is 31.2 Å². The summed E-state index contributed by atoms with van der Waals surface area (Å²) in [4.78, 5) is 10.3. The van der Waals surface area contributed by atoms with Gasteiger partial charge in [0.15, 0.2) is 0 Å². The number of aliphatic hydroxyl groups is 1. The number of carbonyl (C=O) groups is 1. The number of allylic oxidation sites excluding steroid dienone is 9. The average Bonchev–Trinajstić information content (AvgIpc) is 2.58. The van der Waals surface area contributed by atoms with E-state index < -0.39 is 5.97 Å². The number of aliphatic carboxylic acids is 1. The fourth-order valence-electron chi connectivity index (χ4n) is 2.08. The molecule has 0 aromatic heterocycles. The minimum Gasteiger partial charge on any atom is -0.512 e. The van der Waals surface area contributed by atoms with Crippen molar-refractivity contribution in [2.75, 3.05) is 0 Å². The van der Waals surface area contributed by atoms with E-state index >= 15 is 0 Å². The highest BCUT2D eigenvalue weighted by atomic mass is 16.4. The van der Waals surface area contributed by atoms with Crippen LogP contribution in [0.3, 0.4) is 0 Å². The monoisotopic (exact) mass is 346 g/mol. The molecule has 0 aliphatic carbocycles. The highest BCUT2D eigenvalue weighted by molar-refractivity contribution is 5.66. The Balaban J connectivity index is 3.66. The van der Waals surface area contributed by atoms with Crippen LogP contribution in [0.15, 0.2) is 60.4 Å². The van der Waals surface area contributed by atoms with Crippen LogP contribution in [0.2, 0.25) is 0 Å². The van der Waals surface area contributed by atoms with Gasteiger partial charge in [-0.05, 0) is 44.6 Å². The molecular formula is C22H34O3. The number of rotatable bonds is 15. The summed E-state index contributed by atoms with van der Waals surface area (Å²) in [7, 11) is 0. The lowest BCUT2D eigenvalue weighted by atomic mass is 10.2. The fraction of sp³-hybridized carbons (Fsp3) is 0.500. The molecule has 0 spiro atoms. The standard InChI is InChI=1S/C22H34O3/c1-2-3-4-5-12-15-18-21(23)19-16-13-10-8-6-7-9-11-14-17-20-22(24)25/h6-7,10-15,19,23H,2-5,8-9,16-18,20H2,1H3,(H,24,25)/b7-6-,13-10-,14-11-,15-12-,21-19-. The molecule has 0 aromatic carbocycles. The summed E-state index contributed by atoms with van der Waals surface area (Å²) in [6.07, 6.45) is 26.9. The summed E-state index contributed by atoms with van der Waals surface area (Å²) >= 11 is 0. The average molecular weight is 347 g/mol. The summed E-state index contributed by atoms with van der Waals surface area (Å²) in [5.41, 5.74) is 0. The molecule has 0 aromatic rings. The smallest absolute Gasteiger partial charge is 0.303 e. The highest BCUT2D eigenvalue weighted by Gasteiger charge is 1.90. The molecule has 2 N–H and O–H groups in total. The van der Waals surface area contributed by atoms with Crippen molar-refractivity contribution >= 4 is 5.97 Å². The lowest BCUT2D eigenvalue weighted by molar-refractivity contribution is -0.136. The number of carboxylic acid groups (broad SMARTS) is 1. The third kappa shape index (κ3) is 19.9. The lowest BCUT2D eigenvalue weighted by Gasteiger charge is -1.94. The number of unbranched alkanes of at least 4 members (excludes halogenated alkanes) is 3. The van der Waals surface area contributed by atoms with E-state index in [1.165, 1.54) is 19.3 Å². The molecule has 0 saturated carbocycles. The molecule has 0 aliphatic rings. The van der Waals surface area contributed by atoms with Gasteiger partial charge in [-0.1, -0.05) is 68.4 Å². The van der Waals surface area contributed by atoms with E-state index in [9.17, 15) is 9.90 Å². The first-order chi connectivity index (χ1) is 12.2. The Hall–Kier alpha value is -2.03. The summed E-state index contributed by atoms with van der Waals surface area (Å²) in [6.45, 7) is 2.20. The van der Waals surface area contributed by atoms with Gasteiger partial charge in [-0.15, -0.1) is 0 Å². The zero-order valence-electron chi connectivity index (χ0n) is 15.6. The van der Waals surface area contributed by atoms with Crippen LogP contribution in [-0.4, -0.2) is 16.2 Å². The molecule has 140 valence electrons. The lowest BCUT2D eigenvalue weighted by Crippen LogP contribution is -1.91. The van der Waals surface area contributed by atoms with Gasteiger partial charge in [-0.2, -0.15) is 0 Å². The Morgan fingerprint density at radius 3 is 2.00 bits per heavy atom. The fourth-order valence-corrected chi connectivity index (χ4v) is 2.08. The summed E-state index contributed by atoms with van der Waals surface area (Å²) in [5.74, 6) is -0.327. The van der Waals surface area contributed by atoms with Crippen LogP contribution in [-0.2, 0) is 4.79 Å². The topological polar surface area (TPSA) is 57.5 Å². The largest absolute Gasteiger partial charge is 0.512 e. The van der Waals surface area contributed by atoms with E-state index in [1.54, 1.807) is 0 Å². The molecule has 0 radical (unpaired) electrons. The van der Waals surface area contributed by atoms with Gasteiger partial charge in [0.2, 0.25) is 0 Å². The van der Waals surface area contributed by atoms with Gasteiger partial charge in [-0.3, -0.25) is 4.79 Å². The number of hydrogen-bond donors (Lipinski definition) is 2. The van der Waals surface area contributed by atoms with Gasteiger partial charge < -0.3 is 10.2 Å². The predicted octanol–water partition coefficient (Wildman–Crippen LogP) is 6.66. The van der Waals surface area contributed by atoms with Crippen molar-refractivity contribution in [1.82, 2.24) is 0 Å². The molecular weight excluding hydrogens is 312 g/mol. The third-order valence-electron chi connectivity index (χ3n) is 3.53. The van der Waals surface area contributed by atoms with Crippen molar-refractivity contribution in [1.29, 1.82) is 0 Å². The molecule has 3 nitrogen and oxygen atoms in total. The van der Waals surface area contributed by atoms with E-state index in [0.29, 0.717) is 18.6 Å². The van der Waals surface area contributed by atoms with E-state index in [-0.39, 0.29) is 6.42 Å². The first kappa shape index (κ1) is 23.0. The minimum atomic E-state index is -0.756. The van der Waals surface area contributed by atoms with Crippen molar-refractivity contribution in [2.45, 2.75) is 71.1 Å². The second kappa shape index (κ2) is 18.3. The zero-order chi connectivity index (χ0) is 18.6. The van der Waals surface area contributed by atoms with Crippen LogP contribution in [0, 0.1) is 0 Å². The molecule has 0 aliphatic heterocycles. The second-order valence-electron chi connectivity index (χ2n) is 5.92. The molecule has 0 rings (SSSR count). The van der Waals surface area contributed by atoms with Gasteiger partial charge >= 0.3 is 5.97 Å². The van der Waals surface area contributed by atoms with Gasteiger partial charge in [0.05, 0.1) is 5.76 Å². The Bertz CT molecular complexity index is 468. The molecule has 0 amide bonds. The van der Waals surface area contributed by atoms with Gasteiger partial charge in [0.25, 0.3) is 0 Å². The SMILES string of the molecule is CCCCC/C=C\C/C(O)=C/C/C=C\C/C=C\C/C=C\CCC(=O)O. The number of carboxylic acids is 1. The molecule has 25 heavy (non-hydrogen) atoms. The van der Waals surface area contributed by atoms with Gasteiger partial charge in [0, 0.05) is 12.8 Å². The first-order valence-electron chi connectivity index (χ1n) is 9.36. The Labute approximate surface area is 153 Å². The van der Waals surface area contributed by atoms with E-state index in [1.807, 2.05) is 30.4 Å². The molecule has 3 heteroatoms. The normalized spacial score (nSPS) is 13.1. The van der Waals surface area contributed by atoms with Crippen molar-refractivity contribution in [2.24, 2.45) is 0 Å². The molecule has 0 fully saturated rings. The summed E-state index contributed by atoms with van der Waals surface area (Å²) in [6, 6.07) is 0. The highest BCUT2D eigenvalue weighted by Crippen LogP contribution is 2.04. The molecule has 0 unspecified atom stereocenters. The Morgan fingerprint density at radius 2 is 1.36 bits per heavy atom. The Morgan fingerprint density at radius 1 is 0.760 bits per heavy atom. The molecule has 0 saturated heterocycles. The maximum absolute atomic E-state index is 10.3. The van der Waals surface area contributed by atoms with Gasteiger partial charge in [0.1, 0.15) is 0 Å². The van der Waals surface area contributed by atoms with Crippen LogP contribution in [0.4, 0.5) is 0 Å². The minimum absolute atomic E-state index is 0.192. The summed E-state index contributed by atoms with van der Waals surface area (Å²) < 4.78 is 0. The van der Waals surface area contributed by atoms with E-state index in [0.717, 1.165) is 25.7 Å². The van der Waals surface area contributed by atoms with Crippen LogP contribution in [0.1, 0.15) is 71.1 Å². The van der Waals surface area contributed by atoms with Crippen LogP contribution >= 0.6 is 0 Å². The van der Waals surface area contributed by atoms with Crippen LogP contribution in [0.25, 0.3) is 0 Å². The van der Waals surface area contributed by atoms with Crippen molar-refractivity contribution in [3.8, 4) is 0 Å².